The van der Waals surface area contributed by atoms with E-state index in [0.717, 1.165) is 0 Å². The average molecular weight is 202 g/mol. The molecule has 0 saturated carbocycles. The summed E-state index contributed by atoms with van der Waals surface area (Å²) in [7, 11) is 0. The Morgan fingerprint density at radius 2 is 1.71 bits per heavy atom. The van der Waals surface area contributed by atoms with Crippen LogP contribution in [0.5, 0.6) is 0 Å². The summed E-state index contributed by atoms with van der Waals surface area (Å²) in [6.07, 6.45) is 0.0206. The number of Topliss-reactive ketones (excluding diaryl/α,β-unsaturated/α-hetero) is 1. The molecule has 1 aromatic rings. The lowest BCUT2D eigenvalue weighted by molar-refractivity contribution is -0.116. The van der Waals surface area contributed by atoms with Gasteiger partial charge in [0, 0.05) is 24.1 Å². The SMILES string of the molecule is CC(=O)CCc1c(F)cc(F)cc1F. The zero-order valence-electron chi connectivity index (χ0n) is 7.61. The van der Waals surface area contributed by atoms with Gasteiger partial charge in [0.05, 0.1) is 0 Å². The summed E-state index contributed by atoms with van der Waals surface area (Å²) in [5, 5.41) is 0. The lowest BCUT2D eigenvalue weighted by Crippen LogP contribution is -2.01. The molecule has 0 N–H and O–H groups in total. The number of rotatable bonds is 3. The Labute approximate surface area is 79.5 Å². The molecule has 1 nitrogen and oxygen atoms in total. The summed E-state index contributed by atoms with van der Waals surface area (Å²) in [4.78, 5) is 10.6. The summed E-state index contributed by atoms with van der Waals surface area (Å²) in [6, 6.07) is 1.22. The number of carbonyl (C=O) groups is 1. The topological polar surface area (TPSA) is 17.1 Å². The Hall–Kier alpha value is -1.32. The van der Waals surface area contributed by atoms with Crippen LogP contribution in [-0.2, 0) is 11.2 Å². The van der Waals surface area contributed by atoms with Crippen molar-refractivity contribution in [2.24, 2.45) is 0 Å². The van der Waals surface area contributed by atoms with Crippen LogP contribution in [0.15, 0.2) is 12.1 Å². The third-order valence-electron chi connectivity index (χ3n) is 1.83. The number of hydrogen-bond donors (Lipinski definition) is 0. The van der Waals surface area contributed by atoms with Gasteiger partial charge in [-0.1, -0.05) is 0 Å². The zero-order chi connectivity index (χ0) is 10.7. The number of halogens is 3. The fourth-order valence-electron chi connectivity index (χ4n) is 1.11. The molecule has 14 heavy (non-hydrogen) atoms. The third-order valence-corrected chi connectivity index (χ3v) is 1.83. The van der Waals surface area contributed by atoms with Crippen molar-refractivity contribution in [3.63, 3.8) is 0 Å². The first-order valence-corrected chi connectivity index (χ1v) is 4.13. The van der Waals surface area contributed by atoms with Crippen molar-refractivity contribution in [2.45, 2.75) is 19.8 Å². The number of hydrogen-bond acceptors (Lipinski definition) is 1. The first kappa shape index (κ1) is 10.8. The molecule has 0 unspecified atom stereocenters. The van der Waals surface area contributed by atoms with E-state index in [0.29, 0.717) is 12.1 Å². The van der Waals surface area contributed by atoms with Gasteiger partial charge in [0.1, 0.15) is 23.2 Å². The van der Waals surface area contributed by atoms with Gasteiger partial charge in [-0.3, -0.25) is 0 Å². The van der Waals surface area contributed by atoms with Crippen LogP contribution in [0.25, 0.3) is 0 Å². The Kier molecular flexibility index (Phi) is 3.28. The third kappa shape index (κ3) is 2.58. The average Bonchev–Trinajstić information content (AvgIpc) is 2.01. The van der Waals surface area contributed by atoms with E-state index in [2.05, 4.69) is 0 Å². The van der Waals surface area contributed by atoms with Crippen molar-refractivity contribution in [3.8, 4) is 0 Å². The van der Waals surface area contributed by atoms with Crippen LogP contribution in [-0.4, -0.2) is 5.78 Å². The zero-order valence-corrected chi connectivity index (χ0v) is 7.61. The van der Waals surface area contributed by atoms with Crippen molar-refractivity contribution in [3.05, 3.63) is 35.1 Å². The van der Waals surface area contributed by atoms with Crippen LogP contribution >= 0.6 is 0 Å². The molecule has 0 fully saturated rings. The highest BCUT2D eigenvalue weighted by atomic mass is 19.1. The molecular weight excluding hydrogens is 193 g/mol. The van der Waals surface area contributed by atoms with Gasteiger partial charge in [-0.05, 0) is 13.3 Å². The lowest BCUT2D eigenvalue weighted by Gasteiger charge is -2.03. The van der Waals surface area contributed by atoms with Crippen molar-refractivity contribution in [2.75, 3.05) is 0 Å². The normalized spacial score (nSPS) is 10.3. The van der Waals surface area contributed by atoms with Crippen molar-refractivity contribution >= 4 is 5.78 Å². The van der Waals surface area contributed by atoms with Gasteiger partial charge >= 0.3 is 0 Å². The van der Waals surface area contributed by atoms with Crippen LogP contribution < -0.4 is 0 Å². The lowest BCUT2D eigenvalue weighted by atomic mass is 10.1. The van der Waals surface area contributed by atoms with Gasteiger partial charge in [0.25, 0.3) is 0 Å². The highest BCUT2D eigenvalue weighted by molar-refractivity contribution is 5.75. The highest BCUT2D eigenvalue weighted by Crippen LogP contribution is 2.16. The summed E-state index contributed by atoms with van der Waals surface area (Å²) >= 11 is 0. The maximum Gasteiger partial charge on any atom is 0.132 e. The Morgan fingerprint density at radius 1 is 1.21 bits per heavy atom. The maximum absolute atomic E-state index is 13.0. The quantitative estimate of drug-likeness (QED) is 0.736. The minimum atomic E-state index is -0.952. The largest absolute Gasteiger partial charge is 0.300 e. The molecular formula is C10H9F3O. The minimum absolute atomic E-state index is 0.0344. The molecule has 0 spiro atoms. The number of ketones is 1. The van der Waals surface area contributed by atoms with E-state index >= 15 is 0 Å². The van der Waals surface area contributed by atoms with Gasteiger partial charge in [-0.25, -0.2) is 13.2 Å². The molecule has 1 aromatic carbocycles. The van der Waals surface area contributed by atoms with E-state index in [-0.39, 0.29) is 24.2 Å². The van der Waals surface area contributed by atoms with Gasteiger partial charge in [0.15, 0.2) is 0 Å². The van der Waals surface area contributed by atoms with Crippen LogP contribution in [0.2, 0.25) is 0 Å². The molecule has 0 saturated heterocycles. The van der Waals surface area contributed by atoms with Crippen LogP contribution in [0.1, 0.15) is 18.9 Å². The van der Waals surface area contributed by atoms with Gasteiger partial charge < -0.3 is 4.79 Å². The van der Waals surface area contributed by atoms with E-state index in [9.17, 15) is 18.0 Å². The van der Waals surface area contributed by atoms with E-state index in [1.54, 1.807) is 0 Å². The van der Waals surface area contributed by atoms with Crippen molar-refractivity contribution in [1.82, 2.24) is 0 Å². The molecule has 0 amide bonds. The summed E-state index contributed by atoms with van der Waals surface area (Å²) in [5.74, 6) is -2.99. The van der Waals surface area contributed by atoms with E-state index < -0.39 is 17.5 Å². The molecule has 0 heterocycles. The summed E-state index contributed by atoms with van der Waals surface area (Å²) < 4.78 is 38.4. The predicted molar refractivity (Wildman–Crippen MR) is 45.3 cm³/mol. The molecule has 0 aliphatic rings. The second-order valence-corrected chi connectivity index (χ2v) is 3.05. The van der Waals surface area contributed by atoms with Gasteiger partial charge in [-0.15, -0.1) is 0 Å². The van der Waals surface area contributed by atoms with E-state index in [1.807, 2.05) is 0 Å². The maximum atomic E-state index is 13.0. The Bertz CT molecular complexity index is 337. The van der Waals surface area contributed by atoms with Gasteiger partial charge in [0.2, 0.25) is 0 Å². The minimum Gasteiger partial charge on any atom is -0.300 e. The highest BCUT2D eigenvalue weighted by Gasteiger charge is 2.11. The van der Waals surface area contributed by atoms with Crippen LogP contribution in [0, 0.1) is 17.5 Å². The number of carbonyl (C=O) groups excluding carboxylic acids is 1. The second kappa shape index (κ2) is 4.26. The molecule has 4 heteroatoms. The van der Waals surface area contributed by atoms with E-state index in [1.165, 1.54) is 6.92 Å². The molecule has 1 rings (SSSR count). The Balaban J connectivity index is 2.91. The standard InChI is InChI=1S/C10H9F3O/c1-6(14)2-3-8-9(12)4-7(11)5-10(8)13/h4-5H,2-3H2,1H3. The fraction of sp³-hybridized carbons (Fsp3) is 0.300. The van der Waals surface area contributed by atoms with Crippen LogP contribution in [0.4, 0.5) is 13.2 Å². The molecule has 0 aromatic heterocycles. The van der Waals surface area contributed by atoms with Crippen LogP contribution in [0.3, 0.4) is 0 Å². The molecule has 0 atom stereocenters. The molecule has 0 aliphatic carbocycles. The second-order valence-electron chi connectivity index (χ2n) is 3.05. The van der Waals surface area contributed by atoms with E-state index in [4.69, 9.17) is 0 Å². The predicted octanol–water partition coefficient (Wildman–Crippen LogP) is 2.63. The molecule has 76 valence electrons. The smallest absolute Gasteiger partial charge is 0.132 e. The first-order valence-electron chi connectivity index (χ1n) is 4.13. The Morgan fingerprint density at radius 3 is 2.14 bits per heavy atom. The fourth-order valence-corrected chi connectivity index (χ4v) is 1.11. The molecule has 0 aliphatic heterocycles. The summed E-state index contributed by atoms with van der Waals surface area (Å²) in [6.45, 7) is 1.33. The van der Waals surface area contributed by atoms with Crippen molar-refractivity contribution < 1.29 is 18.0 Å². The van der Waals surface area contributed by atoms with Crippen molar-refractivity contribution in [1.29, 1.82) is 0 Å². The first-order chi connectivity index (χ1) is 6.50. The number of benzene rings is 1. The molecule has 0 bridgehead atoms. The summed E-state index contributed by atoms with van der Waals surface area (Å²) in [5.41, 5.74) is -0.235. The molecule has 0 radical (unpaired) electrons. The van der Waals surface area contributed by atoms with Gasteiger partial charge in [-0.2, -0.15) is 0 Å². The monoisotopic (exact) mass is 202 g/mol.